The zero-order valence-electron chi connectivity index (χ0n) is 10.6. The maximum atomic E-state index is 4.22. The summed E-state index contributed by atoms with van der Waals surface area (Å²) in [6, 6.07) is 1.92. The van der Waals surface area contributed by atoms with Gasteiger partial charge in [0.2, 0.25) is 0 Å². The van der Waals surface area contributed by atoms with Crippen LogP contribution < -0.4 is 10.6 Å². The van der Waals surface area contributed by atoms with Crippen molar-refractivity contribution in [2.24, 2.45) is 0 Å². The smallest absolute Gasteiger partial charge is 0.131 e. The highest BCUT2D eigenvalue weighted by Gasteiger charge is 2.00. The molecule has 0 aliphatic heterocycles. The molecule has 0 aliphatic rings. The summed E-state index contributed by atoms with van der Waals surface area (Å²) in [6.45, 7) is 5.80. The van der Waals surface area contributed by atoms with Gasteiger partial charge in [-0.2, -0.15) is 0 Å². The van der Waals surface area contributed by atoms with E-state index < -0.39 is 0 Å². The number of thiazole rings is 1. The van der Waals surface area contributed by atoms with Crippen LogP contribution in [0.25, 0.3) is 0 Å². The van der Waals surface area contributed by atoms with E-state index in [0.717, 1.165) is 36.2 Å². The van der Waals surface area contributed by atoms with Crippen molar-refractivity contribution in [1.82, 2.24) is 15.0 Å². The summed E-state index contributed by atoms with van der Waals surface area (Å²) < 4.78 is 0. The van der Waals surface area contributed by atoms with E-state index in [-0.39, 0.29) is 0 Å². The second-order valence-electron chi connectivity index (χ2n) is 3.91. The Morgan fingerprint density at radius 1 is 1.17 bits per heavy atom. The van der Waals surface area contributed by atoms with Crippen LogP contribution in [0, 0.1) is 6.92 Å². The second kappa shape index (κ2) is 6.30. The number of rotatable bonds is 6. The summed E-state index contributed by atoms with van der Waals surface area (Å²) >= 11 is 1.69. The van der Waals surface area contributed by atoms with Crippen molar-refractivity contribution in [3.05, 3.63) is 28.5 Å². The van der Waals surface area contributed by atoms with Crippen LogP contribution in [-0.4, -0.2) is 21.5 Å². The van der Waals surface area contributed by atoms with Crippen molar-refractivity contribution < 1.29 is 0 Å². The zero-order chi connectivity index (χ0) is 12.8. The lowest BCUT2D eigenvalue weighted by Gasteiger charge is -2.06. The Hall–Kier alpha value is -1.69. The molecule has 0 bridgehead atoms. The Bertz CT molecular complexity index is 497. The largest absolute Gasteiger partial charge is 0.370 e. The third-order valence-corrected chi connectivity index (χ3v) is 3.25. The molecule has 6 heteroatoms. The molecule has 18 heavy (non-hydrogen) atoms. The molecule has 0 aromatic carbocycles. The first kappa shape index (κ1) is 12.8. The van der Waals surface area contributed by atoms with Crippen molar-refractivity contribution in [2.45, 2.75) is 26.8 Å². The van der Waals surface area contributed by atoms with Gasteiger partial charge >= 0.3 is 0 Å². The third kappa shape index (κ3) is 3.66. The molecule has 0 saturated heterocycles. The molecule has 0 fully saturated rings. The Morgan fingerprint density at radius 2 is 1.94 bits per heavy atom. The average Bonchev–Trinajstić information content (AvgIpc) is 2.80. The molecule has 96 valence electrons. The second-order valence-corrected chi connectivity index (χ2v) is 5.23. The number of hydrogen-bond donors (Lipinski definition) is 2. The highest BCUT2D eigenvalue weighted by molar-refractivity contribution is 7.11. The molecular formula is C12H17N5S. The summed E-state index contributed by atoms with van der Waals surface area (Å²) in [4.78, 5) is 13.8. The number of nitrogens with one attached hydrogen (secondary N) is 2. The predicted octanol–water partition coefficient (Wildman–Crippen LogP) is 2.68. The van der Waals surface area contributed by atoms with E-state index in [0.29, 0.717) is 0 Å². The highest BCUT2D eigenvalue weighted by Crippen LogP contribution is 2.14. The van der Waals surface area contributed by atoms with Gasteiger partial charge in [0.15, 0.2) is 0 Å². The summed E-state index contributed by atoms with van der Waals surface area (Å²) in [5, 5.41) is 7.59. The van der Waals surface area contributed by atoms with Crippen molar-refractivity contribution in [3.63, 3.8) is 0 Å². The fourth-order valence-corrected chi connectivity index (χ4v) is 2.20. The predicted molar refractivity (Wildman–Crippen MR) is 75.0 cm³/mol. The average molecular weight is 263 g/mol. The van der Waals surface area contributed by atoms with Crippen LogP contribution in [0.1, 0.15) is 23.2 Å². The first-order chi connectivity index (χ1) is 8.78. The lowest BCUT2D eigenvalue weighted by Crippen LogP contribution is -2.05. The van der Waals surface area contributed by atoms with Gasteiger partial charge in [-0.05, 0) is 13.3 Å². The zero-order valence-corrected chi connectivity index (χ0v) is 11.4. The van der Waals surface area contributed by atoms with Crippen LogP contribution in [0.4, 0.5) is 11.6 Å². The molecule has 2 aromatic rings. The normalized spacial score (nSPS) is 10.3. The first-order valence-corrected chi connectivity index (χ1v) is 6.80. The van der Waals surface area contributed by atoms with Crippen LogP contribution >= 0.6 is 11.3 Å². The molecule has 0 aliphatic carbocycles. The summed E-state index contributed by atoms with van der Waals surface area (Å²) in [7, 11) is 0. The van der Waals surface area contributed by atoms with Gasteiger partial charge in [-0.3, -0.25) is 0 Å². The van der Waals surface area contributed by atoms with Crippen molar-refractivity contribution in [2.75, 3.05) is 17.2 Å². The molecule has 0 atom stereocenters. The van der Waals surface area contributed by atoms with Gasteiger partial charge < -0.3 is 10.6 Å². The Morgan fingerprint density at radius 3 is 2.61 bits per heavy atom. The maximum Gasteiger partial charge on any atom is 0.131 e. The van der Waals surface area contributed by atoms with Crippen LogP contribution in [0.5, 0.6) is 0 Å². The topological polar surface area (TPSA) is 62.7 Å². The van der Waals surface area contributed by atoms with Gasteiger partial charge in [0.05, 0.1) is 11.6 Å². The van der Waals surface area contributed by atoms with Gasteiger partial charge in [0, 0.05) is 23.7 Å². The summed E-state index contributed by atoms with van der Waals surface area (Å²) in [5.41, 5.74) is 0. The maximum absolute atomic E-state index is 4.22. The quantitative estimate of drug-likeness (QED) is 0.839. The molecule has 0 radical (unpaired) electrons. The third-order valence-electron chi connectivity index (χ3n) is 2.34. The molecule has 2 N–H and O–H groups in total. The molecule has 0 amide bonds. The standard InChI is InChI=1S/C12H17N5S/c1-3-4-13-11-5-12(17-8-16-11)15-7-10-6-14-9(2)18-10/h5-6,8H,3-4,7H2,1-2H3,(H2,13,15,16,17). The molecule has 0 spiro atoms. The van der Waals surface area contributed by atoms with Gasteiger partial charge in [-0.1, -0.05) is 6.92 Å². The van der Waals surface area contributed by atoms with E-state index in [9.17, 15) is 0 Å². The van der Waals surface area contributed by atoms with E-state index in [2.05, 4.69) is 32.5 Å². The van der Waals surface area contributed by atoms with E-state index >= 15 is 0 Å². The fraction of sp³-hybridized carbons (Fsp3) is 0.417. The molecule has 2 heterocycles. The number of anilines is 2. The van der Waals surface area contributed by atoms with Crippen molar-refractivity contribution in [1.29, 1.82) is 0 Å². The molecule has 0 unspecified atom stereocenters. The van der Waals surface area contributed by atoms with E-state index in [4.69, 9.17) is 0 Å². The lowest BCUT2D eigenvalue weighted by atomic mass is 10.4. The van der Waals surface area contributed by atoms with E-state index in [1.807, 2.05) is 19.2 Å². The van der Waals surface area contributed by atoms with Gasteiger partial charge in [-0.15, -0.1) is 11.3 Å². The molecule has 2 rings (SSSR count). The molecular weight excluding hydrogens is 246 g/mol. The van der Waals surface area contributed by atoms with Gasteiger partial charge in [0.25, 0.3) is 0 Å². The Kier molecular flexibility index (Phi) is 4.46. The van der Waals surface area contributed by atoms with Crippen molar-refractivity contribution in [3.8, 4) is 0 Å². The minimum absolute atomic E-state index is 0.746. The van der Waals surface area contributed by atoms with Gasteiger partial charge in [0.1, 0.15) is 18.0 Å². The first-order valence-electron chi connectivity index (χ1n) is 5.99. The lowest BCUT2D eigenvalue weighted by molar-refractivity contribution is 0.963. The number of nitrogens with zero attached hydrogens (tertiary/aromatic N) is 3. The fourth-order valence-electron chi connectivity index (χ4n) is 1.47. The van der Waals surface area contributed by atoms with Crippen molar-refractivity contribution >= 4 is 23.0 Å². The number of hydrogen-bond acceptors (Lipinski definition) is 6. The minimum Gasteiger partial charge on any atom is -0.370 e. The van der Waals surface area contributed by atoms with Gasteiger partial charge in [-0.25, -0.2) is 15.0 Å². The van der Waals surface area contributed by atoms with Crippen LogP contribution in [-0.2, 0) is 6.54 Å². The van der Waals surface area contributed by atoms with Crippen LogP contribution in [0.15, 0.2) is 18.6 Å². The van der Waals surface area contributed by atoms with E-state index in [1.54, 1.807) is 17.7 Å². The Labute approximate surface area is 111 Å². The van der Waals surface area contributed by atoms with E-state index in [1.165, 1.54) is 4.88 Å². The number of aryl methyl sites for hydroxylation is 1. The molecule has 0 saturated carbocycles. The monoisotopic (exact) mass is 263 g/mol. The molecule has 2 aromatic heterocycles. The highest BCUT2D eigenvalue weighted by atomic mass is 32.1. The van der Waals surface area contributed by atoms with Crippen LogP contribution in [0.3, 0.4) is 0 Å². The minimum atomic E-state index is 0.746. The summed E-state index contributed by atoms with van der Waals surface area (Å²) in [5.74, 6) is 1.68. The Balaban J connectivity index is 1.92. The SMILES string of the molecule is CCCNc1cc(NCc2cnc(C)s2)ncn1. The van der Waals surface area contributed by atoms with Crippen LogP contribution in [0.2, 0.25) is 0 Å². The number of aromatic nitrogens is 3. The summed E-state index contributed by atoms with van der Waals surface area (Å²) in [6.07, 6.45) is 4.54. The molecule has 5 nitrogen and oxygen atoms in total.